The van der Waals surface area contributed by atoms with Gasteiger partial charge in [-0.25, -0.2) is 13.8 Å². The number of alkyl halides is 1. The molecule has 2 saturated carbocycles. The Balaban J connectivity index is 1.93. The van der Waals surface area contributed by atoms with Crippen LogP contribution >= 0.6 is 11.6 Å². The van der Waals surface area contributed by atoms with Crippen LogP contribution in [0.3, 0.4) is 0 Å². The van der Waals surface area contributed by atoms with Crippen LogP contribution in [0.2, 0.25) is 0 Å². The molecule has 0 spiro atoms. The van der Waals surface area contributed by atoms with Gasteiger partial charge in [-0.15, -0.1) is 11.6 Å². The first-order valence-corrected chi connectivity index (χ1v) is 7.62. The van der Waals surface area contributed by atoms with Crippen molar-refractivity contribution in [1.29, 1.82) is 0 Å². The summed E-state index contributed by atoms with van der Waals surface area (Å²) in [6.45, 7) is 0. The van der Waals surface area contributed by atoms with Crippen molar-refractivity contribution in [3.8, 4) is 0 Å². The topological polar surface area (TPSA) is 17.8 Å². The standard InChI is InChI=1S/C15H15ClF2N2/c16-7-14-19-15-11(18)5-10(17)6-13(15)20(14)12-4-8-1-2-9(12)3-8/h5-6,8-9,12H,1-4,7H2. The average molecular weight is 297 g/mol. The zero-order valence-corrected chi connectivity index (χ0v) is 11.7. The van der Waals surface area contributed by atoms with Gasteiger partial charge in [0.15, 0.2) is 5.82 Å². The highest BCUT2D eigenvalue weighted by atomic mass is 35.5. The highest BCUT2D eigenvalue weighted by molar-refractivity contribution is 6.16. The van der Waals surface area contributed by atoms with Gasteiger partial charge in [0.25, 0.3) is 0 Å². The first-order valence-electron chi connectivity index (χ1n) is 7.09. The van der Waals surface area contributed by atoms with E-state index in [2.05, 4.69) is 4.98 Å². The highest BCUT2D eigenvalue weighted by Gasteiger charge is 2.41. The largest absolute Gasteiger partial charge is 0.323 e. The van der Waals surface area contributed by atoms with Gasteiger partial charge >= 0.3 is 0 Å². The Labute approximate surface area is 120 Å². The minimum atomic E-state index is -0.603. The summed E-state index contributed by atoms with van der Waals surface area (Å²) < 4.78 is 29.4. The fourth-order valence-electron chi connectivity index (χ4n) is 4.16. The molecule has 5 heteroatoms. The van der Waals surface area contributed by atoms with Gasteiger partial charge in [-0.2, -0.15) is 0 Å². The number of hydrogen-bond donors (Lipinski definition) is 0. The Morgan fingerprint density at radius 2 is 2.10 bits per heavy atom. The predicted octanol–water partition coefficient (Wildman–Crippen LogP) is 4.41. The number of imidazole rings is 1. The smallest absolute Gasteiger partial charge is 0.153 e. The average Bonchev–Trinajstić information content (AvgIpc) is 3.09. The van der Waals surface area contributed by atoms with Crippen molar-refractivity contribution in [2.75, 3.05) is 0 Å². The highest BCUT2D eigenvalue weighted by Crippen LogP contribution is 2.51. The molecular formula is C15H15ClF2N2. The molecule has 3 atom stereocenters. The number of rotatable bonds is 2. The SMILES string of the molecule is Fc1cc(F)c2nc(CCl)n(C3CC4CCC3C4)c2c1. The van der Waals surface area contributed by atoms with Gasteiger partial charge in [-0.1, -0.05) is 6.42 Å². The zero-order valence-electron chi connectivity index (χ0n) is 11.0. The lowest BCUT2D eigenvalue weighted by Crippen LogP contribution is -2.18. The van der Waals surface area contributed by atoms with Crippen LogP contribution in [0.25, 0.3) is 11.0 Å². The van der Waals surface area contributed by atoms with Crippen molar-refractivity contribution >= 4 is 22.6 Å². The molecule has 20 heavy (non-hydrogen) atoms. The van der Waals surface area contributed by atoms with Gasteiger partial charge in [0, 0.05) is 12.1 Å². The maximum Gasteiger partial charge on any atom is 0.153 e. The van der Waals surface area contributed by atoms with Crippen molar-refractivity contribution in [2.45, 2.75) is 37.6 Å². The molecule has 0 aliphatic heterocycles. The number of benzene rings is 1. The molecule has 2 nitrogen and oxygen atoms in total. The van der Waals surface area contributed by atoms with E-state index in [0.29, 0.717) is 23.3 Å². The third kappa shape index (κ3) is 1.70. The number of aromatic nitrogens is 2. The maximum absolute atomic E-state index is 13.9. The van der Waals surface area contributed by atoms with Crippen LogP contribution in [0.1, 0.15) is 37.5 Å². The summed E-state index contributed by atoms with van der Waals surface area (Å²) in [5.74, 6) is 1.08. The Bertz CT molecular complexity index is 682. The first kappa shape index (κ1) is 12.6. The molecule has 1 aromatic carbocycles. The zero-order chi connectivity index (χ0) is 13.9. The van der Waals surface area contributed by atoms with Crippen molar-refractivity contribution in [2.24, 2.45) is 11.8 Å². The monoisotopic (exact) mass is 296 g/mol. The molecule has 4 rings (SSSR count). The number of fused-ring (bicyclic) bond motifs is 3. The van der Waals surface area contributed by atoms with Crippen LogP contribution < -0.4 is 0 Å². The van der Waals surface area contributed by atoms with E-state index in [-0.39, 0.29) is 11.4 Å². The van der Waals surface area contributed by atoms with Crippen molar-refractivity contribution in [1.82, 2.24) is 9.55 Å². The molecule has 0 amide bonds. The maximum atomic E-state index is 13.9. The quantitative estimate of drug-likeness (QED) is 0.750. The van der Waals surface area contributed by atoms with Crippen LogP contribution in [0, 0.1) is 23.5 Å². The molecule has 2 aromatic rings. The molecular weight excluding hydrogens is 282 g/mol. The fraction of sp³-hybridized carbons (Fsp3) is 0.533. The molecule has 2 fully saturated rings. The molecule has 1 aromatic heterocycles. The summed E-state index contributed by atoms with van der Waals surface area (Å²) in [5.41, 5.74) is 0.792. The second-order valence-corrected chi connectivity index (χ2v) is 6.30. The van der Waals surface area contributed by atoms with E-state index in [4.69, 9.17) is 11.6 Å². The van der Waals surface area contributed by atoms with Crippen molar-refractivity contribution < 1.29 is 8.78 Å². The van der Waals surface area contributed by atoms with E-state index in [1.165, 1.54) is 25.3 Å². The van der Waals surface area contributed by atoms with E-state index in [9.17, 15) is 8.78 Å². The van der Waals surface area contributed by atoms with Crippen molar-refractivity contribution in [3.63, 3.8) is 0 Å². The van der Waals surface area contributed by atoms with Gasteiger partial charge in [0.2, 0.25) is 0 Å². The fourth-order valence-corrected chi connectivity index (χ4v) is 4.35. The van der Waals surface area contributed by atoms with Gasteiger partial charge in [0.05, 0.1) is 11.4 Å². The number of nitrogens with zero attached hydrogens (tertiary/aromatic N) is 2. The summed E-state index contributed by atoms with van der Waals surface area (Å²) in [6, 6.07) is 2.57. The second-order valence-electron chi connectivity index (χ2n) is 6.03. The van der Waals surface area contributed by atoms with E-state index >= 15 is 0 Å². The summed E-state index contributed by atoms with van der Waals surface area (Å²) in [5, 5.41) is 0. The molecule has 2 aliphatic carbocycles. The minimum Gasteiger partial charge on any atom is -0.323 e. The van der Waals surface area contributed by atoms with Crippen LogP contribution in [-0.4, -0.2) is 9.55 Å². The molecule has 0 N–H and O–H groups in total. The second kappa shape index (κ2) is 4.42. The summed E-state index contributed by atoms with van der Waals surface area (Å²) >= 11 is 5.98. The van der Waals surface area contributed by atoms with Gasteiger partial charge in [-0.3, -0.25) is 0 Å². The van der Waals surface area contributed by atoms with Crippen LogP contribution in [-0.2, 0) is 5.88 Å². The van der Waals surface area contributed by atoms with Crippen LogP contribution in [0.4, 0.5) is 8.78 Å². The van der Waals surface area contributed by atoms with E-state index < -0.39 is 11.6 Å². The molecule has 3 unspecified atom stereocenters. The Morgan fingerprint density at radius 1 is 1.25 bits per heavy atom. The van der Waals surface area contributed by atoms with E-state index in [1.54, 1.807) is 0 Å². The lowest BCUT2D eigenvalue weighted by atomic mass is 9.95. The number of halogens is 3. The Morgan fingerprint density at radius 3 is 2.75 bits per heavy atom. The van der Waals surface area contributed by atoms with E-state index in [1.807, 2.05) is 4.57 Å². The molecule has 0 radical (unpaired) electrons. The first-order chi connectivity index (χ1) is 9.67. The van der Waals surface area contributed by atoms with Crippen molar-refractivity contribution in [3.05, 3.63) is 29.6 Å². The third-order valence-electron chi connectivity index (χ3n) is 4.94. The summed E-state index contributed by atoms with van der Waals surface area (Å²) in [6.07, 6.45) is 4.79. The Hall–Kier alpha value is -1.16. The molecule has 2 bridgehead atoms. The Kier molecular flexibility index (Phi) is 2.78. The normalized spacial score (nSPS) is 28.6. The third-order valence-corrected chi connectivity index (χ3v) is 5.18. The number of hydrogen-bond acceptors (Lipinski definition) is 1. The molecule has 106 valence electrons. The summed E-state index contributed by atoms with van der Waals surface area (Å²) in [4.78, 5) is 4.29. The van der Waals surface area contributed by atoms with Crippen LogP contribution in [0.15, 0.2) is 12.1 Å². The lowest BCUT2D eigenvalue weighted by molar-refractivity contribution is 0.331. The predicted molar refractivity (Wildman–Crippen MR) is 73.7 cm³/mol. The molecule has 2 aliphatic rings. The molecule has 1 heterocycles. The lowest BCUT2D eigenvalue weighted by Gasteiger charge is -2.25. The van der Waals surface area contributed by atoms with Gasteiger partial charge in [0.1, 0.15) is 17.2 Å². The van der Waals surface area contributed by atoms with E-state index in [0.717, 1.165) is 18.4 Å². The molecule has 0 saturated heterocycles. The van der Waals surface area contributed by atoms with Gasteiger partial charge < -0.3 is 4.57 Å². The van der Waals surface area contributed by atoms with Crippen LogP contribution in [0.5, 0.6) is 0 Å². The summed E-state index contributed by atoms with van der Waals surface area (Å²) in [7, 11) is 0. The minimum absolute atomic E-state index is 0.226. The van der Waals surface area contributed by atoms with Gasteiger partial charge in [-0.05, 0) is 37.2 Å².